The van der Waals surface area contributed by atoms with E-state index < -0.39 is 0 Å². The van der Waals surface area contributed by atoms with Crippen molar-refractivity contribution in [2.24, 2.45) is 0 Å². The lowest BCUT2D eigenvalue weighted by Crippen LogP contribution is -2.22. The number of thiophene rings is 1. The molecule has 102 valence electrons. The largest absolute Gasteiger partial charge is 0.306 e. The molecule has 1 nitrogen and oxygen atoms in total. The number of benzene rings is 1. The molecule has 0 aliphatic heterocycles. The number of hydrogen-bond donors (Lipinski definition) is 1. The Morgan fingerprint density at radius 1 is 1.26 bits per heavy atom. The van der Waals surface area contributed by atoms with E-state index in [-0.39, 0.29) is 6.04 Å². The maximum absolute atomic E-state index is 6.20. The zero-order valence-corrected chi connectivity index (χ0v) is 15.0. The standard InChI is InChI=1S/C15H17ClINS/c1-4-18-15(11-7-14(17)19-8-11)12-5-10(3)13(16)6-9(12)2/h5-8,15,18H,4H2,1-3H3. The summed E-state index contributed by atoms with van der Waals surface area (Å²) in [5.74, 6) is 0. The second-order valence-electron chi connectivity index (χ2n) is 4.63. The van der Waals surface area contributed by atoms with Gasteiger partial charge in [0.15, 0.2) is 0 Å². The van der Waals surface area contributed by atoms with Crippen LogP contribution in [0.25, 0.3) is 0 Å². The summed E-state index contributed by atoms with van der Waals surface area (Å²) < 4.78 is 1.32. The molecule has 1 N–H and O–H groups in total. The number of rotatable bonds is 4. The maximum atomic E-state index is 6.20. The predicted octanol–water partition coefficient (Wildman–Crippen LogP) is 5.32. The molecule has 0 fully saturated rings. The first-order valence-corrected chi connectivity index (χ1v) is 8.60. The van der Waals surface area contributed by atoms with Crippen LogP contribution < -0.4 is 5.32 Å². The van der Waals surface area contributed by atoms with Gasteiger partial charge in [-0.3, -0.25) is 0 Å². The molecule has 2 rings (SSSR count). The second kappa shape index (κ2) is 6.57. The van der Waals surface area contributed by atoms with Gasteiger partial charge in [0, 0.05) is 5.02 Å². The first-order valence-electron chi connectivity index (χ1n) is 6.27. The molecule has 0 amide bonds. The summed E-state index contributed by atoms with van der Waals surface area (Å²) in [6.45, 7) is 7.27. The zero-order chi connectivity index (χ0) is 14.0. The van der Waals surface area contributed by atoms with Crippen molar-refractivity contribution >= 4 is 45.5 Å². The summed E-state index contributed by atoms with van der Waals surface area (Å²) in [5.41, 5.74) is 5.02. The van der Waals surface area contributed by atoms with Gasteiger partial charge in [0.1, 0.15) is 0 Å². The van der Waals surface area contributed by atoms with Crippen molar-refractivity contribution in [2.45, 2.75) is 26.8 Å². The fourth-order valence-corrected chi connectivity index (χ4v) is 3.82. The van der Waals surface area contributed by atoms with Crippen LogP contribution in [0.15, 0.2) is 23.6 Å². The average molecular weight is 406 g/mol. The lowest BCUT2D eigenvalue weighted by molar-refractivity contribution is 0.629. The molecular weight excluding hydrogens is 389 g/mol. The van der Waals surface area contributed by atoms with Gasteiger partial charge in [-0.2, -0.15) is 0 Å². The van der Waals surface area contributed by atoms with Crippen molar-refractivity contribution in [3.8, 4) is 0 Å². The lowest BCUT2D eigenvalue weighted by atomic mass is 9.95. The second-order valence-corrected chi connectivity index (χ2v) is 7.85. The Labute approximate surface area is 137 Å². The molecule has 0 bridgehead atoms. The minimum atomic E-state index is 0.251. The van der Waals surface area contributed by atoms with E-state index in [4.69, 9.17) is 11.6 Å². The van der Waals surface area contributed by atoms with Gasteiger partial charge >= 0.3 is 0 Å². The van der Waals surface area contributed by atoms with E-state index >= 15 is 0 Å². The predicted molar refractivity (Wildman–Crippen MR) is 93.5 cm³/mol. The molecule has 0 radical (unpaired) electrons. The van der Waals surface area contributed by atoms with Crippen LogP contribution in [0, 0.1) is 16.7 Å². The highest BCUT2D eigenvalue weighted by Crippen LogP contribution is 2.31. The third-order valence-electron chi connectivity index (χ3n) is 3.19. The number of aryl methyl sites for hydroxylation is 2. The molecule has 19 heavy (non-hydrogen) atoms. The number of nitrogens with one attached hydrogen (secondary N) is 1. The average Bonchev–Trinajstić information content (AvgIpc) is 2.78. The minimum absolute atomic E-state index is 0.251. The summed E-state index contributed by atoms with van der Waals surface area (Å²) in [7, 11) is 0. The van der Waals surface area contributed by atoms with Crippen LogP contribution in [0.4, 0.5) is 0 Å². The molecule has 1 atom stereocenters. The highest BCUT2D eigenvalue weighted by atomic mass is 127. The van der Waals surface area contributed by atoms with Gasteiger partial charge < -0.3 is 5.32 Å². The number of hydrogen-bond acceptors (Lipinski definition) is 2. The third kappa shape index (κ3) is 3.51. The van der Waals surface area contributed by atoms with Gasteiger partial charge in [-0.1, -0.05) is 24.6 Å². The fourth-order valence-electron chi connectivity index (χ4n) is 2.20. The Bertz CT molecular complexity index is 580. The molecule has 1 heterocycles. The van der Waals surface area contributed by atoms with Crippen molar-refractivity contribution in [1.82, 2.24) is 5.32 Å². The summed E-state index contributed by atoms with van der Waals surface area (Å²) in [5, 5.41) is 6.65. The molecule has 0 spiro atoms. The molecule has 4 heteroatoms. The normalized spacial score (nSPS) is 12.7. The molecule has 0 saturated carbocycles. The van der Waals surface area contributed by atoms with E-state index in [2.05, 4.69) is 72.3 Å². The van der Waals surface area contributed by atoms with Crippen LogP contribution in [0.1, 0.15) is 35.2 Å². The molecule has 1 aromatic carbocycles. The molecule has 1 unspecified atom stereocenters. The highest BCUT2D eigenvalue weighted by molar-refractivity contribution is 14.1. The molecule has 0 aliphatic carbocycles. The van der Waals surface area contributed by atoms with Gasteiger partial charge in [0.25, 0.3) is 0 Å². The summed E-state index contributed by atoms with van der Waals surface area (Å²) in [6, 6.07) is 6.77. The Kier molecular flexibility index (Phi) is 5.29. The highest BCUT2D eigenvalue weighted by Gasteiger charge is 2.17. The van der Waals surface area contributed by atoms with Crippen molar-refractivity contribution in [1.29, 1.82) is 0 Å². The SMILES string of the molecule is CCNC(c1csc(I)c1)c1cc(C)c(Cl)cc1C. The smallest absolute Gasteiger partial charge is 0.0656 e. The molecular formula is C15H17ClINS. The molecule has 0 saturated heterocycles. The van der Waals surface area contributed by atoms with Gasteiger partial charge in [-0.05, 0) is 82.7 Å². The van der Waals surface area contributed by atoms with Gasteiger partial charge in [-0.15, -0.1) is 11.3 Å². The first kappa shape index (κ1) is 15.3. The quantitative estimate of drug-likeness (QED) is 0.679. The summed E-state index contributed by atoms with van der Waals surface area (Å²) in [6.07, 6.45) is 0. The monoisotopic (exact) mass is 405 g/mol. The summed E-state index contributed by atoms with van der Waals surface area (Å²) in [4.78, 5) is 0. The van der Waals surface area contributed by atoms with E-state index in [0.29, 0.717) is 0 Å². The van der Waals surface area contributed by atoms with Gasteiger partial charge in [-0.25, -0.2) is 0 Å². The molecule has 2 aromatic rings. The Hall–Kier alpha value is -0.100. The van der Waals surface area contributed by atoms with Gasteiger partial charge in [0.05, 0.1) is 8.93 Å². The fraction of sp³-hybridized carbons (Fsp3) is 0.333. The van der Waals surface area contributed by atoms with E-state index in [1.54, 1.807) is 11.3 Å². The third-order valence-corrected chi connectivity index (χ3v) is 5.40. The maximum Gasteiger partial charge on any atom is 0.0656 e. The Morgan fingerprint density at radius 3 is 2.58 bits per heavy atom. The molecule has 0 aliphatic rings. The Morgan fingerprint density at radius 2 is 2.00 bits per heavy atom. The first-order chi connectivity index (χ1) is 9.02. The summed E-state index contributed by atoms with van der Waals surface area (Å²) >= 11 is 10.4. The van der Waals surface area contributed by atoms with Crippen LogP contribution in [0.3, 0.4) is 0 Å². The minimum Gasteiger partial charge on any atom is -0.306 e. The van der Waals surface area contributed by atoms with E-state index in [1.165, 1.54) is 19.6 Å². The van der Waals surface area contributed by atoms with E-state index in [0.717, 1.165) is 17.1 Å². The van der Waals surface area contributed by atoms with Crippen molar-refractivity contribution in [2.75, 3.05) is 6.54 Å². The Balaban J connectivity index is 2.47. The van der Waals surface area contributed by atoms with Gasteiger partial charge in [0.2, 0.25) is 0 Å². The molecule has 1 aromatic heterocycles. The van der Waals surface area contributed by atoms with Crippen molar-refractivity contribution in [3.05, 3.63) is 53.7 Å². The van der Waals surface area contributed by atoms with Crippen LogP contribution in [0.5, 0.6) is 0 Å². The van der Waals surface area contributed by atoms with Crippen molar-refractivity contribution in [3.63, 3.8) is 0 Å². The van der Waals surface area contributed by atoms with Crippen LogP contribution in [-0.2, 0) is 0 Å². The van der Waals surface area contributed by atoms with E-state index in [9.17, 15) is 0 Å². The topological polar surface area (TPSA) is 12.0 Å². The van der Waals surface area contributed by atoms with Crippen LogP contribution in [-0.4, -0.2) is 6.54 Å². The van der Waals surface area contributed by atoms with Crippen LogP contribution in [0.2, 0.25) is 5.02 Å². The van der Waals surface area contributed by atoms with Crippen LogP contribution >= 0.6 is 45.5 Å². The number of halogens is 2. The lowest BCUT2D eigenvalue weighted by Gasteiger charge is -2.20. The zero-order valence-electron chi connectivity index (χ0n) is 11.3. The van der Waals surface area contributed by atoms with Crippen molar-refractivity contribution < 1.29 is 0 Å². The van der Waals surface area contributed by atoms with E-state index in [1.807, 2.05) is 0 Å².